The van der Waals surface area contributed by atoms with Gasteiger partial charge in [0.15, 0.2) is 0 Å². The van der Waals surface area contributed by atoms with E-state index in [-0.39, 0.29) is 5.60 Å². The molecule has 0 aliphatic carbocycles. The second-order valence-electron chi connectivity index (χ2n) is 5.33. The summed E-state index contributed by atoms with van der Waals surface area (Å²) in [7, 11) is 0. The van der Waals surface area contributed by atoms with Crippen LogP contribution in [0.3, 0.4) is 0 Å². The molecule has 18 heavy (non-hydrogen) atoms. The Bertz CT molecular complexity index is 346. The lowest BCUT2D eigenvalue weighted by Gasteiger charge is -2.02. The van der Waals surface area contributed by atoms with Gasteiger partial charge in [-0.1, -0.05) is 33.2 Å². The van der Waals surface area contributed by atoms with Gasteiger partial charge in [-0.2, -0.15) is 0 Å². The second-order valence-corrected chi connectivity index (χ2v) is 5.89. The minimum Gasteiger partial charge on any atom is -0.365 e. The first-order valence-electron chi connectivity index (χ1n) is 6.52. The highest BCUT2D eigenvalue weighted by Crippen LogP contribution is 2.40. The first-order valence-corrected chi connectivity index (χ1v) is 7.64. The molecule has 1 aliphatic heterocycles. The lowest BCUT2D eigenvalue weighted by molar-refractivity contribution is -0.104. The average Bonchev–Trinajstić information content (AvgIpc) is 2.99. The number of rotatable bonds is 8. The van der Waals surface area contributed by atoms with E-state index in [0.717, 1.165) is 42.9 Å². The Morgan fingerprint density at radius 1 is 1.33 bits per heavy atom. The molecule has 0 saturated carbocycles. The normalized spacial score (nSPS) is 28.3. The Labute approximate surface area is 119 Å². The number of allylic oxidation sites excluding steroid dienone is 4. The van der Waals surface area contributed by atoms with Gasteiger partial charge in [-0.25, -0.2) is 0 Å². The molecule has 0 radical (unpaired) electrons. The molecule has 1 saturated heterocycles. The summed E-state index contributed by atoms with van der Waals surface area (Å²) in [5.74, 6) is 0. The van der Waals surface area contributed by atoms with E-state index < -0.39 is 0 Å². The number of carbonyl (C=O) groups excluding carboxylic acids is 1. The van der Waals surface area contributed by atoms with Gasteiger partial charge in [-0.3, -0.25) is 4.79 Å². The Kier molecular flexibility index (Phi) is 6.30. The van der Waals surface area contributed by atoms with Crippen LogP contribution in [-0.4, -0.2) is 23.3 Å². The highest BCUT2D eigenvalue weighted by molar-refractivity contribution is 9.09. The summed E-state index contributed by atoms with van der Waals surface area (Å²) in [4.78, 5) is 10.3. The van der Waals surface area contributed by atoms with E-state index in [1.165, 1.54) is 5.57 Å². The molecule has 2 atom stereocenters. The fourth-order valence-corrected chi connectivity index (χ4v) is 2.47. The van der Waals surface area contributed by atoms with Gasteiger partial charge in [0.1, 0.15) is 11.9 Å². The number of alkyl halides is 1. The van der Waals surface area contributed by atoms with Crippen molar-refractivity contribution in [1.29, 1.82) is 0 Å². The molecule has 0 amide bonds. The molecule has 1 heterocycles. The standard InChI is InChI=1S/C15H23BrO2/c1-12(5-4-6-13(2)9-10-17)7-8-14-15(3,11-16)18-14/h5,9-10,14H,4,6-8,11H2,1-3H3/b12-5+,13-9+/t14-,15-/m0/s1. The van der Waals surface area contributed by atoms with Gasteiger partial charge in [0.05, 0.1) is 6.10 Å². The number of hydrogen-bond acceptors (Lipinski definition) is 2. The van der Waals surface area contributed by atoms with Gasteiger partial charge in [0.2, 0.25) is 0 Å². The number of ether oxygens (including phenoxy) is 1. The van der Waals surface area contributed by atoms with Crippen molar-refractivity contribution < 1.29 is 9.53 Å². The Morgan fingerprint density at radius 2 is 2.06 bits per heavy atom. The molecule has 0 N–H and O–H groups in total. The third kappa shape index (κ3) is 5.07. The lowest BCUT2D eigenvalue weighted by Crippen LogP contribution is -2.11. The molecule has 3 heteroatoms. The highest BCUT2D eigenvalue weighted by atomic mass is 79.9. The van der Waals surface area contributed by atoms with E-state index >= 15 is 0 Å². The molecule has 0 aromatic carbocycles. The van der Waals surface area contributed by atoms with Crippen LogP contribution in [0, 0.1) is 0 Å². The van der Waals surface area contributed by atoms with Crippen LogP contribution in [-0.2, 0) is 9.53 Å². The van der Waals surface area contributed by atoms with E-state index in [4.69, 9.17) is 4.74 Å². The van der Waals surface area contributed by atoms with Gasteiger partial charge in [0.25, 0.3) is 0 Å². The van der Waals surface area contributed by atoms with Crippen molar-refractivity contribution in [3.63, 3.8) is 0 Å². The summed E-state index contributed by atoms with van der Waals surface area (Å²) in [6.45, 7) is 6.32. The molecular formula is C15H23BrO2. The topological polar surface area (TPSA) is 29.6 Å². The van der Waals surface area contributed by atoms with Crippen molar-refractivity contribution in [2.45, 2.75) is 58.2 Å². The summed E-state index contributed by atoms with van der Waals surface area (Å²) in [6, 6.07) is 0. The fourth-order valence-electron chi connectivity index (χ4n) is 1.98. The summed E-state index contributed by atoms with van der Waals surface area (Å²) in [5, 5.41) is 0.920. The zero-order chi connectivity index (χ0) is 13.6. The fraction of sp³-hybridized carbons (Fsp3) is 0.667. The maximum absolute atomic E-state index is 10.3. The summed E-state index contributed by atoms with van der Waals surface area (Å²) in [6.07, 6.45) is 9.38. The quantitative estimate of drug-likeness (QED) is 0.221. The number of halogens is 1. The van der Waals surface area contributed by atoms with E-state index in [1.807, 2.05) is 6.92 Å². The Hall–Kier alpha value is -0.410. The predicted octanol–water partition coefficient (Wildman–Crippen LogP) is 4.19. The van der Waals surface area contributed by atoms with Crippen LogP contribution in [0.1, 0.15) is 46.5 Å². The maximum atomic E-state index is 10.3. The SMILES string of the molecule is C/C(=C\C=O)CC/C=C(\C)CC[C@@H]1O[C@@]1(C)CBr. The highest BCUT2D eigenvalue weighted by Gasteiger charge is 2.50. The molecule has 1 aliphatic rings. The van der Waals surface area contributed by atoms with Crippen molar-refractivity contribution in [2.75, 3.05) is 5.33 Å². The van der Waals surface area contributed by atoms with Gasteiger partial charge in [-0.05, 0) is 52.5 Å². The summed E-state index contributed by atoms with van der Waals surface area (Å²) in [5.41, 5.74) is 2.64. The molecule has 1 rings (SSSR count). The zero-order valence-electron chi connectivity index (χ0n) is 11.5. The van der Waals surface area contributed by atoms with E-state index in [9.17, 15) is 4.79 Å². The van der Waals surface area contributed by atoms with E-state index in [0.29, 0.717) is 6.10 Å². The average molecular weight is 315 g/mol. The smallest absolute Gasteiger partial charge is 0.142 e. The van der Waals surface area contributed by atoms with Crippen molar-refractivity contribution in [3.8, 4) is 0 Å². The Morgan fingerprint density at radius 3 is 2.61 bits per heavy atom. The monoisotopic (exact) mass is 314 g/mol. The zero-order valence-corrected chi connectivity index (χ0v) is 13.1. The van der Waals surface area contributed by atoms with Crippen LogP contribution in [0.25, 0.3) is 0 Å². The van der Waals surface area contributed by atoms with Crippen LogP contribution in [0.2, 0.25) is 0 Å². The van der Waals surface area contributed by atoms with Crippen LogP contribution >= 0.6 is 15.9 Å². The molecule has 0 unspecified atom stereocenters. The molecule has 0 bridgehead atoms. The van der Waals surface area contributed by atoms with Crippen LogP contribution in [0.15, 0.2) is 23.3 Å². The molecule has 0 aromatic heterocycles. The van der Waals surface area contributed by atoms with Gasteiger partial charge in [-0.15, -0.1) is 0 Å². The third-order valence-corrected chi connectivity index (χ3v) is 4.60. The molecule has 1 fully saturated rings. The number of carbonyl (C=O) groups is 1. The van der Waals surface area contributed by atoms with Gasteiger partial charge < -0.3 is 4.74 Å². The first-order chi connectivity index (χ1) is 8.51. The van der Waals surface area contributed by atoms with Crippen molar-refractivity contribution >= 4 is 22.2 Å². The van der Waals surface area contributed by atoms with E-state index in [2.05, 4.69) is 35.9 Å². The van der Waals surface area contributed by atoms with Crippen molar-refractivity contribution in [3.05, 3.63) is 23.3 Å². The van der Waals surface area contributed by atoms with Gasteiger partial charge >= 0.3 is 0 Å². The minimum absolute atomic E-state index is 0.0730. The van der Waals surface area contributed by atoms with Gasteiger partial charge in [0, 0.05) is 5.33 Å². The molecular weight excluding hydrogens is 292 g/mol. The van der Waals surface area contributed by atoms with Crippen molar-refractivity contribution in [2.24, 2.45) is 0 Å². The number of aldehydes is 1. The van der Waals surface area contributed by atoms with Crippen LogP contribution in [0.5, 0.6) is 0 Å². The lowest BCUT2D eigenvalue weighted by atomic mass is 10.0. The Balaban J connectivity index is 2.19. The molecule has 0 spiro atoms. The maximum Gasteiger partial charge on any atom is 0.142 e. The number of epoxide rings is 1. The first kappa shape index (κ1) is 15.6. The van der Waals surface area contributed by atoms with Crippen molar-refractivity contribution in [1.82, 2.24) is 0 Å². The summed E-state index contributed by atoms with van der Waals surface area (Å²) < 4.78 is 5.66. The summed E-state index contributed by atoms with van der Waals surface area (Å²) >= 11 is 3.48. The number of hydrogen-bond donors (Lipinski definition) is 0. The predicted molar refractivity (Wildman–Crippen MR) is 79.1 cm³/mol. The largest absolute Gasteiger partial charge is 0.365 e. The van der Waals surface area contributed by atoms with Crippen LogP contribution in [0.4, 0.5) is 0 Å². The molecule has 0 aromatic rings. The molecule has 102 valence electrons. The van der Waals surface area contributed by atoms with E-state index in [1.54, 1.807) is 6.08 Å². The molecule has 2 nitrogen and oxygen atoms in total. The van der Waals surface area contributed by atoms with Crippen LogP contribution < -0.4 is 0 Å². The third-order valence-electron chi connectivity index (χ3n) is 3.49. The minimum atomic E-state index is 0.0730. The second kappa shape index (κ2) is 7.25.